The van der Waals surface area contributed by atoms with Gasteiger partial charge in [0.15, 0.2) is 0 Å². The lowest BCUT2D eigenvalue weighted by atomic mass is 10.1. The van der Waals surface area contributed by atoms with E-state index in [9.17, 15) is 21.6 Å². The number of hydrogen-bond donors (Lipinski definition) is 1. The predicted molar refractivity (Wildman–Crippen MR) is 67.4 cm³/mol. The molecule has 0 saturated carbocycles. The van der Waals surface area contributed by atoms with E-state index in [1.165, 1.54) is 4.31 Å². The van der Waals surface area contributed by atoms with Gasteiger partial charge in [-0.1, -0.05) is 0 Å². The number of rotatable bonds is 3. The monoisotopic (exact) mass is 308 g/mol. The van der Waals surface area contributed by atoms with Gasteiger partial charge < -0.3 is 5.73 Å². The van der Waals surface area contributed by atoms with Gasteiger partial charge in [-0.3, -0.25) is 0 Å². The molecular weight excluding hydrogens is 293 g/mol. The van der Waals surface area contributed by atoms with Crippen LogP contribution in [0.2, 0.25) is 0 Å². The standard InChI is InChI=1S/C12H15F3N2O2S/c13-12(14,15)10-1-3-11(4-2-10)20(18,19)17-6-5-9(7-16)8-17/h1-4,9H,5-8,16H2/t9-/m0/s1. The number of nitrogens with two attached hydrogens (primary N) is 1. The van der Waals surface area contributed by atoms with E-state index in [2.05, 4.69) is 0 Å². The molecule has 0 aliphatic carbocycles. The molecule has 1 aromatic rings. The van der Waals surface area contributed by atoms with E-state index in [4.69, 9.17) is 5.73 Å². The van der Waals surface area contributed by atoms with Crippen molar-refractivity contribution in [2.45, 2.75) is 17.5 Å². The van der Waals surface area contributed by atoms with Crippen molar-refractivity contribution in [1.82, 2.24) is 4.31 Å². The molecule has 0 bridgehead atoms. The first-order valence-corrected chi connectivity index (χ1v) is 7.56. The van der Waals surface area contributed by atoms with Crippen LogP contribution in [0.4, 0.5) is 13.2 Å². The summed E-state index contributed by atoms with van der Waals surface area (Å²) in [7, 11) is -3.73. The average molecular weight is 308 g/mol. The zero-order chi connectivity index (χ0) is 15.0. The van der Waals surface area contributed by atoms with E-state index in [1.807, 2.05) is 0 Å². The Kier molecular flexibility index (Phi) is 4.08. The fraction of sp³-hybridized carbons (Fsp3) is 0.500. The second kappa shape index (κ2) is 5.34. The van der Waals surface area contributed by atoms with Crippen LogP contribution in [-0.2, 0) is 16.2 Å². The van der Waals surface area contributed by atoms with E-state index >= 15 is 0 Å². The number of alkyl halides is 3. The summed E-state index contributed by atoms with van der Waals surface area (Å²) in [5.41, 5.74) is 4.64. The van der Waals surface area contributed by atoms with E-state index < -0.39 is 21.8 Å². The van der Waals surface area contributed by atoms with Gasteiger partial charge in [0.2, 0.25) is 10.0 Å². The zero-order valence-corrected chi connectivity index (χ0v) is 11.4. The smallest absolute Gasteiger partial charge is 0.330 e. The van der Waals surface area contributed by atoms with Crippen LogP contribution in [0.5, 0.6) is 0 Å². The summed E-state index contributed by atoms with van der Waals surface area (Å²) in [6.45, 7) is 1.07. The van der Waals surface area contributed by atoms with Crippen molar-refractivity contribution < 1.29 is 21.6 Å². The van der Waals surface area contributed by atoms with Gasteiger partial charge in [-0.05, 0) is 43.1 Å². The number of benzene rings is 1. The summed E-state index contributed by atoms with van der Waals surface area (Å²) >= 11 is 0. The zero-order valence-electron chi connectivity index (χ0n) is 10.6. The third-order valence-corrected chi connectivity index (χ3v) is 5.28. The molecule has 1 saturated heterocycles. The van der Waals surface area contributed by atoms with Crippen LogP contribution in [-0.4, -0.2) is 32.4 Å². The van der Waals surface area contributed by atoms with Gasteiger partial charge in [-0.2, -0.15) is 17.5 Å². The summed E-state index contributed by atoms with van der Waals surface area (Å²) < 4.78 is 63.1. The van der Waals surface area contributed by atoms with Gasteiger partial charge >= 0.3 is 6.18 Å². The SMILES string of the molecule is NC[C@@H]1CCN(S(=O)(=O)c2ccc(C(F)(F)F)cc2)C1. The van der Waals surface area contributed by atoms with Crippen LogP contribution < -0.4 is 5.73 Å². The predicted octanol–water partition coefficient (Wildman–Crippen LogP) is 1.67. The van der Waals surface area contributed by atoms with Gasteiger partial charge in [-0.15, -0.1) is 0 Å². The molecular formula is C12H15F3N2O2S. The minimum Gasteiger partial charge on any atom is -0.330 e. The summed E-state index contributed by atoms with van der Waals surface area (Å²) in [6, 6.07) is 3.55. The lowest BCUT2D eigenvalue weighted by Gasteiger charge is -2.17. The Morgan fingerprint density at radius 2 is 1.85 bits per heavy atom. The largest absolute Gasteiger partial charge is 0.416 e. The molecule has 1 heterocycles. The van der Waals surface area contributed by atoms with Crippen molar-refractivity contribution >= 4 is 10.0 Å². The van der Waals surface area contributed by atoms with Crippen molar-refractivity contribution in [2.75, 3.05) is 19.6 Å². The molecule has 0 unspecified atom stereocenters. The molecule has 1 aliphatic rings. The first kappa shape index (κ1) is 15.3. The van der Waals surface area contributed by atoms with E-state index in [0.29, 0.717) is 26.1 Å². The quantitative estimate of drug-likeness (QED) is 0.924. The summed E-state index contributed by atoms with van der Waals surface area (Å²) in [5.74, 6) is 0.110. The maximum absolute atomic E-state index is 12.4. The third-order valence-electron chi connectivity index (χ3n) is 3.40. The highest BCUT2D eigenvalue weighted by molar-refractivity contribution is 7.89. The number of nitrogens with zero attached hydrogens (tertiary/aromatic N) is 1. The summed E-state index contributed by atoms with van der Waals surface area (Å²) in [5, 5.41) is 0. The minimum atomic E-state index is -4.47. The topological polar surface area (TPSA) is 63.4 Å². The lowest BCUT2D eigenvalue weighted by molar-refractivity contribution is -0.137. The van der Waals surface area contributed by atoms with Gasteiger partial charge in [0, 0.05) is 13.1 Å². The highest BCUT2D eigenvalue weighted by Gasteiger charge is 2.34. The number of halogens is 3. The van der Waals surface area contributed by atoms with E-state index in [0.717, 1.165) is 24.3 Å². The molecule has 2 rings (SSSR count). The Morgan fingerprint density at radius 3 is 2.30 bits per heavy atom. The Labute approximate surface area is 115 Å². The molecule has 0 aromatic heterocycles. The fourth-order valence-electron chi connectivity index (χ4n) is 2.17. The van der Waals surface area contributed by atoms with Crippen LogP contribution in [0, 0.1) is 5.92 Å². The first-order valence-electron chi connectivity index (χ1n) is 6.12. The highest BCUT2D eigenvalue weighted by Crippen LogP contribution is 2.31. The summed E-state index contributed by atoms with van der Waals surface area (Å²) in [6.07, 6.45) is -3.79. The molecule has 1 fully saturated rings. The molecule has 2 N–H and O–H groups in total. The van der Waals surface area contributed by atoms with Crippen LogP contribution in [0.25, 0.3) is 0 Å². The normalized spacial score (nSPS) is 21.3. The van der Waals surface area contributed by atoms with Gasteiger partial charge in [0.1, 0.15) is 0 Å². The number of hydrogen-bond acceptors (Lipinski definition) is 3. The highest BCUT2D eigenvalue weighted by atomic mass is 32.2. The molecule has 4 nitrogen and oxygen atoms in total. The Balaban J connectivity index is 2.23. The van der Waals surface area contributed by atoms with Crippen molar-refractivity contribution in [3.05, 3.63) is 29.8 Å². The molecule has 1 aromatic carbocycles. The minimum absolute atomic E-state index is 0.110. The average Bonchev–Trinajstić information content (AvgIpc) is 2.87. The van der Waals surface area contributed by atoms with Crippen LogP contribution in [0.3, 0.4) is 0 Å². The number of sulfonamides is 1. The van der Waals surface area contributed by atoms with E-state index in [-0.39, 0.29) is 10.8 Å². The second-order valence-electron chi connectivity index (χ2n) is 4.78. The maximum Gasteiger partial charge on any atom is 0.416 e. The lowest BCUT2D eigenvalue weighted by Crippen LogP contribution is -2.30. The maximum atomic E-state index is 12.4. The van der Waals surface area contributed by atoms with Crippen LogP contribution in [0.1, 0.15) is 12.0 Å². The Morgan fingerprint density at radius 1 is 1.25 bits per heavy atom. The van der Waals surface area contributed by atoms with Gasteiger partial charge in [-0.25, -0.2) is 8.42 Å². The van der Waals surface area contributed by atoms with Crippen LogP contribution in [0.15, 0.2) is 29.2 Å². The molecule has 1 atom stereocenters. The third kappa shape index (κ3) is 2.97. The molecule has 0 amide bonds. The van der Waals surface area contributed by atoms with Crippen molar-refractivity contribution in [2.24, 2.45) is 11.7 Å². The molecule has 0 spiro atoms. The van der Waals surface area contributed by atoms with E-state index in [1.54, 1.807) is 0 Å². The Bertz CT molecular complexity index is 569. The molecule has 0 radical (unpaired) electrons. The molecule has 8 heteroatoms. The molecule has 20 heavy (non-hydrogen) atoms. The molecule has 112 valence electrons. The second-order valence-corrected chi connectivity index (χ2v) is 6.71. The Hall–Kier alpha value is -1.12. The van der Waals surface area contributed by atoms with Crippen molar-refractivity contribution in [1.29, 1.82) is 0 Å². The summed E-state index contributed by atoms with van der Waals surface area (Å²) in [4.78, 5) is -0.122. The fourth-order valence-corrected chi connectivity index (χ4v) is 3.70. The molecule has 1 aliphatic heterocycles. The first-order chi connectivity index (χ1) is 9.25. The van der Waals surface area contributed by atoms with Crippen molar-refractivity contribution in [3.8, 4) is 0 Å². The van der Waals surface area contributed by atoms with Crippen molar-refractivity contribution in [3.63, 3.8) is 0 Å². The van der Waals surface area contributed by atoms with Gasteiger partial charge in [0.05, 0.1) is 10.5 Å². The van der Waals surface area contributed by atoms with Crippen LogP contribution >= 0.6 is 0 Å². The van der Waals surface area contributed by atoms with Gasteiger partial charge in [0.25, 0.3) is 0 Å².